The number of aromatic nitrogens is 1. The Morgan fingerprint density at radius 2 is 1.64 bits per heavy atom. The standard InChI is InChI=1S/C35H31NO5S/c1-21(37)32-15-16-33(42-32)25-7-3-23(4-8-25)24-5-9-26(10-6-24)35-36-31(22(2)41-35)17-18-40-29-13-14-30-27(19-29)11-12-28(30)20-34(38)39/h3-10,13-16,19,28H,11-12,17-18,20H2,1-2H3,(H,38,39)/t28-/m0/s1. The largest absolute Gasteiger partial charge is 0.493 e. The van der Waals surface area contributed by atoms with Crippen molar-refractivity contribution in [2.24, 2.45) is 0 Å². The lowest BCUT2D eigenvalue weighted by Crippen LogP contribution is -2.04. The number of benzene rings is 3. The van der Waals surface area contributed by atoms with Crippen molar-refractivity contribution in [3.8, 4) is 38.8 Å². The van der Waals surface area contributed by atoms with Crippen LogP contribution in [-0.4, -0.2) is 28.4 Å². The molecular weight excluding hydrogens is 546 g/mol. The SMILES string of the molecule is CC(=O)c1ccc(-c2ccc(-c3ccc(-c4nc(CCOc5ccc6c(c5)CC[C@H]6CC(=O)O)c(C)o4)cc3)cc2)s1. The zero-order valence-corrected chi connectivity index (χ0v) is 24.4. The zero-order chi connectivity index (χ0) is 29.2. The molecular formula is C35H31NO5S. The first-order valence-corrected chi connectivity index (χ1v) is 14.9. The number of nitrogens with zero attached hydrogens (tertiary/aromatic N) is 1. The van der Waals surface area contributed by atoms with Gasteiger partial charge in [0.2, 0.25) is 5.89 Å². The van der Waals surface area contributed by atoms with E-state index in [4.69, 9.17) is 19.2 Å². The van der Waals surface area contributed by atoms with Crippen LogP contribution in [0.5, 0.6) is 5.75 Å². The lowest BCUT2D eigenvalue weighted by atomic mass is 9.98. The van der Waals surface area contributed by atoms with Gasteiger partial charge in [0.15, 0.2) is 5.78 Å². The Bertz CT molecular complexity index is 1750. The summed E-state index contributed by atoms with van der Waals surface area (Å²) in [5.74, 6) is 1.60. The second kappa shape index (κ2) is 11.8. The second-order valence-electron chi connectivity index (χ2n) is 10.7. The van der Waals surface area contributed by atoms with Crippen LogP contribution in [0.2, 0.25) is 0 Å². The van der Waals surface area contributed by atoms with Crippen LogP contribution in [0.25, 0.3) is 33.0 Å². The molecule has 0 fully saturated rings. The Hall–Kier alpha value is -4.49. The number of carbonyl (C=O) groups is 2. The molecule has 0 radical (unpaired) electrons. The van der Waals surface area contributed by atoms with E-state index in [9.17, 15) is 9.59 Å². The van der Waals surface area contributed by atoms with E-state index in [1.807, 2.05) is 49.4 Å². The topological polar surface area (TPSA) is 89.6 Å². The number of fused-ring (bicyclic) bond motifs is 1. The van der Waals surface area contributed by atoms with Crippen LogP contribution in [0.1, 0.15) is 57.9 Å². The number of aliphatic carboxylic acids is 1. The molecule has 6 rings (SSSR count). The van der Waals surface area contributed by atoms with Gasteiger partial charge in [0.1, 0.15) is 11.5 Å². The van der Waals surface area contributed by atoms with Crippen molar-refractivity contribution in [2.75, 3.05) is 6.61 Å². The fourth-order valence-corrected chi connectivity index (χ4v) is 6.46. The molecule has 1 aliphatic rings. The van der Waals surface area contributed by atoms with Crippen molar-refractivity contribution in [1.82, 2.24) is 4.98 Å². The molecule has 5 aromatic rings. The first kappa shape index (κ1) is 27.7. The van der Waals surface area contributed by atoms with Crippen LogP contribution in [0, 0.1) is 6.92 Å². The summed E-state index contributed by atoms with van der Waals surface area (Å²) in [6.07, 6.45) is 2.56. The minimum Gasteiger partial charge on any atom is -0.493 e. The molecule has 0 saturated heterocycles. The highest BCUT2D eigenvalue weighted by Gasteiger charge is 2.25. The molecule has 212 valence electrons. The van der Waals surface area contributed by atoms with E-state index in [1.54, 1.807) is 6.92 Å². The summed E-state index contributed by atoms with van der Waals surface area (Å²) in [4.78, 5) is 29.3. The van der Waals surface area contributed by atoms with Gasteiger partial charge in [0.05, 0.1) is 23.6 Å². The fraction of sp³-hybridized carbons (Fsp3) is 0.229. The summed E-state index contributed by atoms with van der Waals surface area (Å²) in [6.45, 7) is 3.99. The lowest BCUT2D eigenvalue weighted by molar-refractivity contribution is -0.137. The molecule has 0 spiro atoms. The third-order valence-corrected chi connectivity index (χ3v) is 9.06. The van der Waals surface area contributed by atoms with Gasteiger partial charge in [0, 0.05) is 16.9 Å². The Morgan fingerprint density at radius 1 is 0.952 bits per heavy atom. The number of hydrogen-bond donors (Lipinski definition) is 1. The summed E-state index contributed by atoms with van der Waals surface area (Å²) in [5, 5.41) is 9.14. The van der Waals surface area contributed by atoms with E-state index in [-0.39, 0.29) is 18.1 Å². The van der Waals surface area contributed by atoms with Crippen molar-refractivity contribution >= 4 is 23.1 Å². The third-order valence-electron chi connectivity index (χ3n) is 7.83. The Morgan fingerprint density at radius 3 is 2.31 bits per heavy atom. The molecule has 1 N–H and O–H groups in total. The van der Waals surface area contributed by atoms with E-state index in [2.05, 4.69) is 36.4 Å². The zero-order valence-electron chi connectivity index (χ0n) is 23.6. The minimum atomic E-state index is -0.752. The van der Waals surface area contributed by atoms with Crippen LogP contribution in [0.4, 0.5) is 0 Å². The van der Waals surface area contributed by atoms with E-state index in [0.29, 0.717) is 18.9 Å². The number of ketones is 1. The highest BCUT2D eigenvalue weighted by molar-refractivity contribution is 7.17. The van der Waals surface area contributed by atoms with Crippen LogP contribution < -0.4 is 4.74 Å². The van der Waals surface area contributed by atoms with E-state index < -0.39 is 5.97 Å². The minimum absolute atomic E-state index is 0.0923. The van der Waals surface area contributed by atoms with E-state index in [1.165, 1.54) is 16.9 Å². The smallest absolute Gasteiger partial charge is 0.303 e. The molecule has 42 heavy (non-hydrogen) atoms. The normalized spacial score (nSPS) is 14.1. The lowest BCUT2D eigenvalue weighted by Gasteiger charge is -2.10. The van der Waals surface area contributed by atoms with E-state index in [0.717, 1.165) is 67.6 Å². The van der Waals surface area contributed by atoms with Gasteiger partial charge in [-0.05, 0) is 96.8 Å². The maximum atomic E-state index is 11.6. The molecule has 6 nitrogen and oxygen atoms in total. The van der Waals surface area contributed by atoms with Crippen molar-refractivity contribution in [3.63, 3.8) is 0 Å². The molecule has 0 bridgehead atoms. The molecule has 0 saturated carbocycles. The van der Waals surface area contributed by atoms with Gasteiger partial charge in [0.25, 0.3) is 0 Å². The summed E-state index contributed by atoms with van der Waals surface area (Å²) < 4.78 is 12.0. The van der Waals surface area contributed by atoms with Gasteiger partial charge in [-0.25, -0.2) is 4.98 Å². The number of carboxylic acids is 1. The first-order valence-electron chi connectivity index (χ1n) is 14.1. The van der Waals surface area contributed by atoms with Gasteiger partial charge in [-0.2, -0.15) is 0 Å². The van der Waals surface area contributed by atoms with Gasteiger partial charge in [-0.15, -0.1) is 11.3 Å². The molecule has 2 heterocycles. The number of rotatable bonds is 10. The molecule has 0 amide bonds. The molecule has 1 aliphatic carbocycles. The number of carboxylic acid groups (broad SMARTS) is 1. The Labute approximate surface area is 248 Å². The highest BCUT2D eigenvalue weighted by Crippen LogP contribution is 2.37. The Kier molecular flexibility index (Phi) is 7.76. The van der Waals surface area contributed by atoms with E-state index >= 15 is 0 Å². The number of hydrogen-bond acceptors (Lipinski definition) is 6. The van der Waals surface area contributed by atoms with Gasteiger partial charge in [-0.3, -0.25) is 9.59 Å². The van der Waals surface area contributed by atoms with Crippen molar-refractivity contribution in [1.29, 1.82) is 0 Å². The summed E-state index contributed by atoms with van der Waals surface area (Å²) in [6, 6.07) is 26.4. The molecule has 3 aromatic carbocycles. The number of oxazole rings is 1. The number of aryl methyl sites for hydroxylation is 2. The third kappa shape index (κ3) is 5.92. The van der Waals surface area contributed by atoms with Crippen LogP contribution in [0.15, 0.2) is 83.3 Å². The van der Waals surface area contributed by atoms with Crippen LogP contribution >= 0.6 is 11.3 Å². The number of Topliss-reactive ketones (excluding diaryl/α,β-unsaturated/α-hetero) is 1. The number of carbonyl (C=O) groups excluding carboxylic acids is 1. The predicted octanol–water partition coefficient (Wildman–Crippen LogP) is 8.37. The maximum absolute atomic E-state index is 11.6. The van der Waals surface area contributed by atoms with Crippen LogP contribution in [-0.2, 0) is 17.6 Å². The molecule has 1 atom stereocenters. The van der Waals surface area contributed by atoms with Gasteiger partial charge in [-0.1, -0.05) is 42.5 Å². The van der Waals surface area contributed by atoms with Crippen molar-refractivity contribution in [2.45, 2.75) is 45.4 Å². The molecule has 0 unspecified atom stereocenters. The average molecular weight is 578 g/mol. The molecule has 0 aliphatic heterocycles. The average Bonchev–Trinajstić information content (AvgIpc) is 3.72. The van der Waals surface area contributed by atoms with Gasteiger partial charge < -0.3 is 14.3 Å². The van der Waals surface area contributed by atoms with Crippen LogP contribution in [0.3, 0.4) is 0 Å². The second-order valence-corrected chi connectivity index (χ2v) is 11.8. The predicted molar refractivity (Wildman–Crippen MR) is 164 cm³/mol. The number of thiophene rings is 1. The molecule has 2 aromatic heterocycles. The van der Waals surface area contributed by atoms with Crippen molar-refractivity contribution < 1.29 is 23.8 Å². The quantitative estimate of drug-likeness (QED) is 0.168. The van der Waals surface area contributed by atoms with Crippen molar-refractivity contribution in [3.05, 3.63) is 106 Å². The highest BCUT2D eigenvalue weighted by atomic mass is 32.1. The number of ether oxygens (including phenoxy) is 1. The summed E-state index contributed by atoms with van der Waals surface area (Å²) >= 11 is 1.52. The monoisotopic (exact) mass is 577 g/mol. The molecule has 7 heteroatoms. The first-order chi connectivity index (χ1) is 20.3. The fourth-order valence-electron chi connectivity index (χ4n) is 5.56. The summed E-state index contributed by atoms with van der Waals surface area (Å²) in [7, 11) is 0. The summed E-state index contributed by atoms with van der Waals surface area (Å²) in [5.41, 5.74) is 7.40. The maximum Gasteiger partial charge on any atom is 0.303 e. The Balaban J connectivity index is 1.07. The van der Waals surface area contributed by atoms with Gasteiger partial charge >= 0.3 is 5.97 Å².